The number of hydrogen-bond acceptors (Lipinski definition) is 7. The van der Waals surface area contributed by atoms with Crippen LogP contribution in [-0.4, -0.2) is 60.6 Å². The highest BCUT2D eigenvalue weighted by Crippen LogP contribution is 2.46. The zero-order valence-corrected chi connectivity index (χ0v) is 22.9. The molecule has 0 radical (unpaired) electrons. The fraction of sp³-hybridized carbons (Fsp3) is 0.308. The third-order valence-corrected chi connectivity index (χ3v) is 9.79. The quantitative estimate of drug-likeness (QED) is 0.308. The molecule has 0 saturated carbocycles. The number of carbonyl (C=O) groups is 2. The summed E-state index contributed by atoms with van der Waals surface area (Å²) in [7, 11) is -3.43. The topological polar surface area (TPSA) is 133 Å². The zero-order valence-electron chi connectivity index (χ0n) is 20.5. The second kappa shape index (κ2) is 11.7. The molecule has 0 atom stereocenters. The molecule has 2 heterocycles. The number of sulfonamides is 1. The number of benzene rings is 2. The predicted molar refractivity (Wildman–Crippen MR) is 147 cm³/mol. The molecule has 1 saturated heterocycles. The normalized spacial score (nSPS) is 14.8. The highest BCUT2D eigenvalue weighted by atomic mass is 35.5. The summed E-state index contributed by atoms with van der Waals surface area (Å²) >= 11 is 7.32. The molecular weight excluding hydrogens is 552 g/mol. The molecule has 1 fully saturated rings. The number of hydrogen-bond donors (Lipinski definition) is 3. The second-order valence-electron chi connectivity index (χ2n) is 8.97. The van der Waals surface area contributed by atoms with Crippen molar-refractivity contribution in [2.45, 2.75) is 31.6 Å². The largest absolute Gasteiger partial charge is 0.479 e. The molecule has 3 aromatic rings. The first kappa shape index (κ1) is 27.9. The summed E-state index contributed by atoms with van der Waals surface area (Å²) in [5, 5.41) is 21.9. The number of aliphatic carboxylic acids is 1. The summed E-state index contributed by atoms with van der Waals surface area (Å²) < 4.78 is 32.7. The number of carboxylic acids is 2. The Hall–Kier alpha value is -3.12. The van der Waals surface area contributed by atoms with Crippen LogP contribution in [0.15, 0.2) is 48.5 Å². The minimum absolute atomic E-state index is 0.0160. The van der Waals surface area contributed by atoms with Gasteiger partial charge in [0.05, 0.1) is 10.6 Å². The van der Waals surface area contributed by atoms with E-state index >= 15 is 0 Å². The number of carboxylic acid groups (broad SMARTS) is 2. The summed E-state index contributed by atoms with van der Waals surface area (Å²) in [6.07, 6.45) is 1.26. The molecule has 38 heavy (non-hydrogen) atoms. The van der Waals surface area contributed by atoms with Gasteiger partial charge in [-0.25, -0.2) is 22.3 Å². The molecule has 3 N–H and O–H groups in total. The average Bonchev–Trinajstić information content (AvgIpc) is 3.21. The molecule has 0 unspecified atom stereocenters. The van der Waals surface area contributed by atoms with E-state index in [1.807, 2.05) is 43.3 Å². The number of thiophene rings is 1. The summed E-state index contributed by atoms with van der Waals surface area (Å²) in [6.45, 7) is 2.02. The van der Waals surface area contributed by atoms with Gasteiger partial charge in [0.2, 0.25) is 10.0 Å². The van der Waals surface area contributed by atoms with E-state index in [1.54, 1.807) is 16.4 Å². The molecule has 0 spiro atoms. The Morgan fingerprint density at radius 1 is 1.13 bits per heavy atom. The Kier molecular flexibility index (Phi) is 8.61. The lowest BCUT2D eigenvalue weighted by molar-refractivity contribution is -0.139. The third kappa shape index (κ3) is 6.47. The molecule has 0 amide bonds. The molecule has 4 rings (SSSR count). The van der Waals surface area contributed by atoms with Crippen LogP contribution in [0.25, 0.3) is 10.4 Å². The number of nitrogens with one attached hydrogen (secondary N) is 1. The minimum Gasteiger partial charge on any atom is -0.479 e. The van der Waals surface area contributed by atoms with Gasteiger partial charge in [0.15, 0.2) is 17.2 Å². The van der Waals surface area contributed by atoms with Gasteiger partial charge in [-0.2, -0.15) is 0 Å². The Balaban J connectivity index is 1.43. The van der Waals surface area contributed by atoms with Crippen molar-refractivity contribution >= 4 is 50.6 Å². The van der Waals surface area contributed by atoms with E-state index in [2.05, 4.69) is 5.32 Å². The average molecular weight is 579 g/mol. The van der Waals surface area contributed by atoms with Gasteiger partial charge in [0, 0.05) is 24.8 Å². The predicted octanol–water partition coefficient (Wildman–Crippen LogP) is 4.94. The highest BCUT2D eigenvalue weighted by Gasteiger charge is 2.29. The van der Waals surface area contributed by atoms with Crippen molar-refractivity contribution in [1.29, 1.82) is 0 Å². The second-order valence-corrected chi connectivity index (χ2v) is 12.3. The molecule has 0 aliphatic carbocycles. The van der Waals surface area contributed by atoms with Crippen LogP contribution in [0.3, 0.4) is 0 Å². The van der Waals surface area contributed by atoms with Crippen molar-refractivity contribution in [2.24, 2.45) is 0 Å². The minimum atomic E-state index is -3.43. The maximum absolute atomic E-state index is 13.0. The number of anilines is 1. The lowest BCUT2D eigenvalue weighted by atomic mass is 10.1. The SMILES string of the molecule is Cc1ccccc1CS(=O)(=O)N1CCC(Nc2cccc(-c3sc(C(=O)O)c(OCC(=O)O)c3Cl)c2)CC1. The van der Waals surface area contributed by atoms with E-state index in [9.17, 15) is 23.1 Å². The van der Waals surface area contributed by atoms with Crippen LogP contribution in [0.1, 0.15) is 33.6 Å². The molecule has 12 heteroatoms. The van der Waals surface area contributed by atoms with Gasteiger partial charge in [-0.05, 0) is 48.6 Å². The maximum atomic E-state index is 13.0. The Morgan fingerprint density at radius 3 is 2.50 bits per heavy atom. The zero-order chi connectivity index (χ0) is 27.4. The summed E-state index contributed by atoms with van der Waals surface area (Å²) in [5.41, 5.74) is 3.18. The number of aryl methyl sites for hydroxylation is 1. The van der Waals surface area contributed by atoms with Crippen LogP contribution in [-0.2, 0) is 20.6 Å². The van der Waals surface area contributed by atoms with Crippen LogP contribution in [0.2, 0.25) is 5.02 Å². The van der Waals surface area contributed by atoms with Gasteiger partial charge in [0.1, 0.15) is 5.02 Å². The lowest BCUT2D eigenvalue weighted by Gasteiger charge is -2.32. The van der Waals surface area contributed by atoms with Gasteiger partial charge >= 0.3 is 11.9 Å². The van der Waals surface area contributed by atoms with E-state index in [0.717, 1.165) is 28.2 Å². The summed E-state index contributed by atoms with van der Waals surface area (Å²) in [6, 6.07) is 14.8. The van der Waals surface area contributed by atoms with Crippen molar-refractivity contribution in [3.05, 3.63) is 69.6 Å². The first-order valence-corrected chi connectivity index (χ1v) is 14.6. The van der Waals surface area contributed by atoms with Gasteiger partial charge in [-0.1, -0.05) is 48.0 Å². The molecule has 1 aromatic heterocycles. The Labute approximate surface area is 229 Å². The van der Waals surface area contributed by atoms with E-state index in [0.29, 0.717) is 36.4 Å². The van der Waals surface area contributed by atoms with Crippen LogP contribution < -0.4 is 10.1 Å². The molecule has 202 valence electrons. The van der Waals surface area contributed by atoms with Crippen molar-refractivity contribution in [3.8, 4) is 16.2 Å². The lowest BCUT2D eigenvalue weighted by Crippen LogP contribution is -2.42. The van der Waals surface area contributed by atoms with Crippen LogP contribution in [0, 0.1) is 6.92 Å². The molecular formula is C26H27ClN2O7S2. The van der Waals surface area contributed by atoms with Crippen molar-refractivity contribution in [3.63, 3.8) is 0 Å². The Morgan fingerprint density at radius 2 is 1.84 bits per heavy atom. The van der Waals surface area contributed by atoms with E-state index in [1.165, 1.54) is 0 Å². The van der Waals surface area contributed by atoms with E-state index in [-0.39, 0.29) is 27.4 Å². The molecule has 1 aliphatic heterocycles. The van der Waals surface area contributed by atoms with Crippen molar-refractivity contribution in [1.82, 2.24) is 4.31 Å². The van der Waals surface area contributed by atoms with Crippen LogP contribution in [0.4, 0.5) is 5.69 Å². The standard InChI is InChI=1S/C26H27ClN2O7S2/c1-16-5-2-3-6-18(16)15-38(34,35)29-11-9-19(10-12-29)28-20-8-4-7-17(13-20)24-22(27)23(36-14-21(30)31)25(37-24)26(32)33/h2-8,13,19,28H,9-12,14-15H2,1H3,(H,30,31)(H,32,33). The summed E-state index contributed by atoms with van der Waals surface area (Å²) in [4.78, 5) is 22.8. The van der Waals surface area contributed by atoms with E-state index < -0.39 is 28.6 Å². The van der Waals surface area contributed by atoms with Gasteiger partial charge < -0.3 is 20.3 Å². The fourth-order valence-electron chi connectivity index (χ4n) is 4.31. The smallest absolute Gasteiger partial charge is 0.349 e. The molecule has 9 nitrogen and oxygen atoms in total. The number of aromatic carboxylic acids is 1. The third-order valence-electron chi connectivity index (χ3n) is 6.29. The number of halogens is 1. The number of piperidine rings is 1. The first-order chi connectivity index (χ1) is 18.0. The summed E-state index contributed by atoms with van der Waals surface area (Å²) in [5.74, 6) is -2.69. The number of nitrogens with zero attached hydrogens (tertiary/aromatic N) is 1. The van der Waals surface area contributed by atoms with Crippen LogP contribution >= 0.6 is 22.9 Å². The van der Waals surface area contributed by atoms with Gasteiger partial charge in [-0.3, -0.25) is 0 Å². The van der Waals surface area contributed by atoms with Gasteiger partial charge in [0.25, 0.3) is 0 Å². The fourth-order valence-corrected chi connectivity index (χ4v) is 7.38. The number of ether oxygens (including phenoxy) is 1. The molecule has 1 aliphatic rings. The number of rotatable bonds is 10. The van der Waals surface area contributed by atoms with E-state index in [4.69, 9.17) is 21.4 Å². The maximum Gasteiger partial charge on any atom is 0.349 e. The van der Waals surface area contributed by atoms with Crippen LogP contribution in [0.5, 0.6) is 5.75 Å². The Bertz CT molecular complexity index is 1450. The van der Waals surface area contributed by atoms with Crippen molar-refractivity contribution < 1.29 is 33.0 Å². The molecule has 2 aromatic carbocycles. The highest BCUT2D eigenvalue weighted by molar-refractivity contribution is 7.88. The monoisotopic (exact) mass is 578 g/mol. The first-order valence-electron chi connectivity index (χ1n) is 11.8. The van der Waals surface area contributed by atoms with Gasteiger partial charge in [-0.15, -0.1) is 11.3 Å². The molecule has 0 bridgehead atoms. The van der Waals surface area contributed by atoms with Crippen molar-refractivity contribution in [2.75, 3.05) is 25.0 Å².